The van der Waals surface area contributed by atoms with Crippen molar-refractivity contribution in [3.05, 3.63) is 0 Å². The second kappa shape index (κ2) is 16.3. The van der Waals surface area contributed by atoms with Crippen LogP contribution in [-0.4, -0.2) is 111 Å². The molecular weight excluding hydrogens is 452 g/mol. The van der Waals surface area contributed by atoms with E-state index in [9.17, 15) is 40.2 Å². The lowest BCUT2D eigenvalue weighted by atomic mass is 9.99. The summed E-state index contributed by atoms with van der Waals surface area (Å²) in [6.45, 7) is 2.79. The molecule has 0 aromatic heterocycles. The third-order valence-corrected chi connectivity index (χ3v) is 5.81. The van der Waals surface area contributed by atoms with Gasteiger partial charge in [0.05, 0.1) is 25.4 Å². The number of rotatable bonds is 16. The quantitative estimate of drug-likeness (QED) is 0.110. The number of carbonyl (C=O) groups is 2. The lowest BCUT2D eigenvalue weighted by molar-refractivity contribution is -0.303. The first kappa shape index (κ1) is 30.7. The van der Waals surface area contributed by atoms with Crippen LogP contribution in [-0.2, 0) is 19.1 Å². The number of hydrogen-bond acceptors (Lipinski definition) is 10. The van der Waals surface area contributed by atoms with Crippen LogP contribution in [0.2, 0.25) is 0 Å². The maximum atomic E-state index is 12.4. The molecule has 8 N–H and O–H groups in total. The zero-order chi connectivity index (χ0) is 25.7. The van der Waals surface area contributed by atoms with Gasteiger partial charge >= 0.3 is 0 Å². The maximum absolute atomic E-state index is 12.4. The van der Waals surface area contributed by atoms with Gasteiger partial charge in [-0.3, -0.25) is 9.59 Å². The average Bonchev–Trinajstić information content (AvgIpc) is 2.81. The van der Waals surface area contributed by atoms with Gasteiger partial charge < -0.3 is 50.7 Å². The summed E-state index contributed by atoms with van der Waals surface area (Å²) in [4.78, 5) is 23.2. The molecule has 34 heavy (non-hydrogen) atoms. The summed E-state index contributed by atoms with van der Waals surface area (Å²) in [6.07, 6.45) is -5.24. The molecule has 12 nitrogen and oxygen atoms in total. The Morgan fingerprint density at radius 3 is 2.26 bits per heavy atom. The zero-order valence-electron chi connectivity index (χ0n) is 20.0. The van der Waals surface area contributed by atoms with E-state index < -0.39 is 55.6 Å². The molecule has 1 aliphatic rings. The van der Waals surface area contributed by atoms with E-state index in [0.717, 1.165) is 25.7 Å². The van der Waals surface area contributed by atoms with E-state index in [2.05, 4.69) is 10.6 Å². The van der Waals surface area contributed by atoms with Crippen LogP contribution in [0.5, 0.6) is 0 Å². The number of aliphatic hydroxyl groups is 6. The number of carbonyl (C=O) groups excluding carboxylic acids is 2. The predicted molar refractivity (Wildman–Crippen MR) is 120 cm³/mol. The lowest BCUT2D eigenvalue weighted by Gasteiger charge is -2.40. The van der Waals surface area contributed by atoms with Crippen LogP contribution in [0.15, 0.2) is 0 Å². The Morgan fingerprint density at radius 1 is 1.00 bits per heavy atom. The van der Waals surface area contributed by atoms with Gasteiger partial charge in [0.1, 0.15) is 30.5 Å². The maximum Gasteiger partial charge on any atom is 0.220 e. The molecule has 12 heteroatoms. The van der Waals surface area contributed by atoms with E-state index in [1.807, 2.05) is 0 Å². The molecule has 0 bridgehead atoms. The lowest BCUT2D eigenvalue weighted by Crippen LogP contribution is -2.60. The molecule has 0 aromatic rings. The van der Waals surface area contributed by atoms with Crippen molar-refractivity contribution >= 4 is 11.8 Å². The molecule has 0 aromatic carbocycles. The third-order valence-electron chi connectivity index (χ3n) is 5.81. The number of hydrogen-bond donors (Lipinski definition) is 8. The summed E-state index contributed by atoms with van der Waals surface area (Å²) in [5.74, 6) is -0.403. The summed E-state index contributed by atoms with van der Waals surface area (Å²) in [5, 5.41) is 64.9. The molecule has 0 saturated carbocycles. The van der Waals surface area contributed by atoms with Crippen LogP contribution >= 0.6 is 0 Å². The van der Waals surface area contributed by atoms with Gasteiger partial charge in [-0.25, -0.2) is 0 Å². The van der Waals surface area contributed by atoms with Crippen LogP contribution in [0.3, 0.4) is 0 Å². The molecule has 0 aliphatic carbocycles. The van der Waals surface area contributed by atoms with Crippen LogP contribution in [0.1, 0.15) is 58.8 Å². The van der Waals surface area contributed by atoms with Crippen molar-refractivity contribution in [3.8, 4) is 0 Å². The summed E-state index contributed by atoms with van der Waals surface area (Å²) in [6, 6.07) is -1.02. The highest BCUT2D eigenvalue weighted by Gasteiger charge is 2.44. The van der Waals surface area contributed by atoms with E-state index in [-0.39, 0.29) is 31.3 Å². The first-order valence-electron chi connectivity index (χ1n) is 11.9. The van der Waals surface area contributed by atoms with Gasteiger partial charge in [-0.2, -0.15) is 0 Å². The standard InChI is InChI=1S/C22H42N2O10/c1-3-15(27)18(29)14(12-33-22-21(32)20(31)19(30)16(11-25)34-22)24-17(28)9-7-5-4-6-8-10-23-13(2)26/h14-16,18-22,25,27,29-32H,3-12H2,1-2H3,(H,23,26)(H,24,28)/t14-,15+,16?,18-,19-,20-,21?,22-/m0/s1. The fourth-order valence-corrected chi connectivity index (χ4v) is 3.62. The van der Waals surface area contributed by atoms with E-state index in [1.165, 1.54) is 6.92 Å². The number of amides is 2. The highest BCUT2D eigenvalue weighted by atomic mass is 16.7. The largest absolute Gasteiger partial charge is 0.394 e. The molecule has 1 rings (SSSR count). The van der Waals surface area contributed by atoms with Gasteiger partial charge in [-0.05, 0) is 19.3 Å². The normalized spacial score (nSPS) is 27.6. The van der Waals surface area contributed by atoms with Gasteiger partial charge in [-0.1, -0.05) is 26.2 Å². The Morgan fingerprint density at radius 2 is 1.65 bits per heavy atom. The van der Waals surface area contributed by atoms with Gasteiger partial charge in [0.25, 0.3) is 0 Å². The molecule has 1 heterocycles. The smallest absolute Gasteiger partial charge is 0.220 e. The van der Waals surface area contributed by atoms with Crippen LogP contribution in [0.25, 0.3) is 0 Å². The minimum Gasteiger partial charge on any atom is -0.394 e. The van der Waals surface area contributed by atoms with Crippen molar-refractivity contribution < 1.29 is 49.7 Å². The van der Waals surface area contributed by atoms with Crippen molar-refractivity contribution in [1.82, 2.24) is 10.6 Å². The van der Waals surface area contributed by atoms with Gasteiger partial charge in [0.15, 0.2) is 6.29 Å². The summed E-state index contributed by atoms with van der Waals surface area (Å²) < 4.78 is 10.7. The molecule has 200 valence electrons. The van der Waals surface area contributed by atoms with Gasteiger partial charge in [-0.15, -0.1) is 0 Å². The number of unbranched alkanes of at least 4 members (excludes halogenated alkanes) is 4. The van der Waals surface area contributed by atoms with Crippen molar-refractivity contribution in [3.63, 3.8) is 0 Å². The minimum atomic E-state index is -1.62. The van der Waals surface area contributed by atoms with Gasteiger partial charge in [0.2, 0.25) is 11.8 Å². The van der Waals surface area contributed by atoms with E-state index in [0.29, 0.717) is 13.0 Å². The van der Waals surface area contributed by atoms with Crippen LogP contribution in [0, 0.1) is 0 Å². The van der Waals surface area contributed by atoms with E-state index in [1.54, 1.807) is 6.92 Å². The average molecular weight is 495 g/mol. The summed E-state index contributed by atoms with van der Waals surface area (Å²) >= 11 is 0. The van der Waals surface area contributed by atoms with Crippen molar-refractivity contribution in [1.29, 1.82) is 0 Å². The third kappa shape index (κ3) is 10.5. The fraction of sp³-hybridized carbons (Fsp3) is 0.909. The molecule has 8 atom stereocenters. The Kier molecular flexibility index (Phi) is 14.7. The molecule has 0 spiro atoms. The topological polar surface area (TPSA) is 198 Å². The predicted octanol–water partition coefficient (Wildman–Crippen LogP) is -2.10. The molecule has 0 radical (unpaired) electrons. The zero-order valence-corrected chi connectivity index (χ0v) is 20.0. The van der Waals surface area contributed by atoms with Gasteiger partial charge in [0, 0.05) is 19.9 Å². The van der Waals surface area contributed by atoms with E-state index >= 15 is 0 Å². The van der Waals surface area contributed by atoms with Crippen LogP contribution in [0.4, 0.5) is 0 Å². The van der Waals surface area contributed by atoms with Crippen molar-refractivity contribution in [2.75, 3.05) is 19.8 Å². The molecule has 1 saturated heterocycles. The first-order chi connectivity index (χ1) is 16.1. The van der Waals surface area contributed by atoms with Crippen LogP contribution < -0.4 is 10.6 Å². The fourth-order valence-electron chi connectivity index (χ4n) is 3.62. The van der Waals surface area contributed by atoms with E-state index in [4.69, 9.17) is 9.47 Å². The summed E-state index contributed by atoms with van der Waals surface area (Å²) in [7, 11) is 0. The first-order valence-corrected chi connectivity index (χ1v) is 11.9. The van der Waals surface area contributed by atoms with Crippen molar-refractivity contribution in [2.45, 2.75) is 108 Å². The minimum absolute atomic E-state index is 0.0582. The summed E-state index contributed by atoms with van der Waals surface area (Å²) in [5.41, 5.74) is 0. The number of aliphatic hydroxyl groups excluding tert-OH is 6. The second-order valence-corrected chi connectivity index (χ2v) is 8.67. The Labute approximate surface area is 200 Å². The Hall–Kier alpha value is -1.38. The Balaban J connectivity index is 2.52. The Bertz CT molecular complexity index is 594. The number of ether oxygens (including phenoxy) is 2. The molecule has 1 fully saturated rings. The number of nitrogens with one attached hydrogen (secondary N) is 2. The SMILES string of the molecule is CC[C@@H](O)[C@@H](O)[C@H](CO[C@H]1OC(CO)[C@H](O)[C@H](O)C1O)NC(=O)CCCCCCCNC(C)=O. The second-order valence-electron chi connectivity index (χ2n) is 8.67. The molecular formula is C22H42N2O10. The van der Waals surface area contributed by atoms with Crippen molar-refractivity contribution in [2.24, 2.45) is 0 Å². The monoisotopic (exact) mass is 494 g/mol. The highest BCUT2D eigenvalue weighted by molar-refractivity contribution is 5.76. The molecule has 2 unspecified atom stereocenters. The molecule has 1 aliphatic heterocycles. The molecule has 2 amide bonds. The highest BCUT2D eigenvalue weighted by Crippen LogP contribution is 2.22.